The molecule has 2 N–H and O–H groups in total. The molecular weight excluding hydrogens is 254 g/mol. The van der Waals surface area contributed by atoms with Gasteiger partial charge in [-0.1, -0.05) is 31.5 Å². The molecule has 106 valence electrons. The van der Waals surface area contributed by atoms with Gasteiger partial charge in [0.25, 0.3) is 0 Å². The number of ether oxygens (including phenoxy) is 1. The fourth-order valence-electron chi connectivity index (χ4n) is 1.99. The third-order valence-corrected chi connectivity index (χ3v) is 2.96. The number of pyridine rings is 1. The molecule has 0 atom stereocenters. The maximum atomic E-state index is 9.30. The van der Waals surface area contributed by atoms with Crippen molar-refractivity contribution in [1.29, 1.82) is 0 Å². The molecule has 0 aliphatic heterocycles. The molecule has 0 saturated heterocycles. The van der Waals surface area contributed by atoms with Crippen LogP contribution in [0.4, 0.5) is 0 Å². The zero-order valence-electron chi connectivity index (χ0n) is 11.5. The van der Waals surface area contributed by atoms with Crippen LogP contribution in [0.15, 0.2) is 36.4 Å². The van der Waals surface area contributed by atoms with Crippen molar-refractivity contribution in [2.24, 2.45) is 0 Å². The van der Waals surface area contributed by atoms with Crippen LogP contribution in [0.5, 0.6) is 11.6 Å². The van der Waals surface area contributed by atoms with Gasteiger partial charge in [-0.25, -0.2) is 4.98 Å². The zero-order chi connectivity index (χ0) is 14.4. The normalized spacial score (nSPS) is 10.6. The van der Waals surface area contributed by atoms with Gasteiger partial charge in [-0.05, 0) is 24.1 Å². The molecule has 0 amide bonds. The topological polar surface area (TPSA) is 62.6 Å². The molecule has 1 aromatic carbocycles. The van der Waals surface area contributed by atoms with Gasteiger partial charge in [0.1, 0.15) is 5.75 Å². The van der Waals surface area contributed by atoms with Gasteiger partial charge in [0, 0.05) is 17.3 Å². The van der Waals surface area contributed by atoms with Crippen molar-refractivity contribution >= 4 is 0 Å². The molecule has 4 nitrogen and oxygen atoms in total. The molecule has 4 heteroatoms. The molecule has 0 aliphatic rings. The molecular formula is C16H19NO3. The number of nitrogens with zero attached hydrogens (tertiary/aromatic N) is 1. The lowest BCUT2D eigenvalue weighted by molar-refractivity contribution is 0.275. The quantitative estimate of drug-likeness (QED) is 0.849. The van der Waals surface area contributed by atoms with E-state index in [1.54, 1.807) is 18.2 Å². The molecule has 0 unspecified atom stereocenters. The van der Waals surface area contributed by atoms with Gasteiger partial charge < -0.3 is 14.9 Å². The van der Waals surface area contributed by atoms with E-state index in [1.165, 1.54) is 0 Å². The molecule has 1 heterocycles. The molecule has 0 aliphatic carbocycles. The van der Waals surface area contributed by atoms with E-state index in [1.807, 2.05) is 18.2 Å². The van der Waals surface area contributed by atoms with Gasteiger partial charge in [-0.15, -0.1) is 0 Å². The number of aryl methyl sites for hydroxylation is 1. The second-order valence-corrected chi connectivity index (χ2v) is 4.58. The van der Waals surface area contributed by atoms with Crippen molar-refractivity contribution in [3.63, 3.8) is 0 Å². The summed E-state index contributed by atoms with van der Waals surface area (Å²) in [6, 6.07) is 10.9. The largest absolute Gasteiger partial charge is 0.439 e. The Labute approximate surface area is 118 Å². The summed E-state index contributed by atoms with van der Waals surface area (Å²) in [5.74, 6) is 1.03. The molecule has 2 aromatic rings. The zero-order valence-corrected chi connectivity index (χ0v) is 11.5. The van der Waals surface area contributed by atoms with Crippen molar-refractivity contribution in [2.75, 3.05) is 0 Å². The molecule has 0 bridgehead atoms. The van der Waals surface area contributed by atoms with Crippen LogP contribution in [0.2, 0.25) is 0 Å². The maximum Gasteiger partial charge on any atom is 0.219 e. The third-order valence-electron chi connectivity index (χ3n) is 2.96. The summed E-state index contributed by atoms with van der Waals surface area (Å²) < 4.78 is 5.75. The maximum absolute atomic E-state index is 9.30. The number of aromatic nitrogens is 1. The van der Waals surface area contributed by atoms with E-state index in [-0.39, 0.29) is 13.2 Å². The van der Waals surface area contributed by atoms with Crippen LogP contribution in [0.25, 0.3) is 0 Å². The first-order chi connectivity index (χ1) is 9.76. The Bertz CT molecular complexity index is 569. The van der Waals surface area contributed by atoms with Crippen LogP contribution in [-0.2, 0) is 19.6 Å². The number of para-hydroxylation sites is 1. The minimum absolute atomic E-state index is 0.0444. The smallest absolute Gasteiger partial charge is 0.219 e. The lowest BCUT2D eigenvalue weighted by atomic mass is 10.1. The number of benzene rings is 1. The fraction of sp³-hybridized carbons (Fsp3) is 0.312. The van der Waals surface area contributed by atoms with Gasteiger partial charge in [0.05, 0.1) is 13.2 Å². The van der Waals surface area contributed by atoms with E-state index in [0.717, 1.165) is 24.1 Å². The van der Waals surface area contributed by atoms with Gasteiger partial charge >= 0.3 is 0 Å². The van der Waals surface area contributed by atoms with Crippen molar-refractivity contribution < 1.29 is 14.9 Å². The first kappa shape index (κ1) is 14.5. The molecule has 0 spiro atoms. The number of aliphatic hydroxyl groups is 2. The average molecular weight is 273 g/mol. The SMILES string of the molecule is CCCc1cc(CO)cc(Oc2ccccc2CO)n1. The van der Waals surface area contributed by atoms with E-state index < -0.39 is 0 Å². The number of aliphatic hydroxyl groups excluding tert-OH is 2. The van der Waals surface area contributed by atoms with E-state index in [0.29, 0.717) is 17.2 Å². The average Bonchev–Trinajstić information content (AvgIpc) is 2.48. The third kappa shape index (κ3) is 3.56. The predicted molar refractivity (Wildman–Crippen MR) is 76.6 cm³/mol. The Morgan fingerprint density at radius 2 is 1.90 bits per heavy atom. The Morgan fingerprint density at radius 3 is 2.60 bits per heavy atom. The Balaban J connectivity index is 2.30. The summed E-state index contributed by atoms with van der Waals surface area (Å²) in [7, 11) is 0. The summed E-state index contributed by atoms with van der Waals surface area (Å²) >= 11 is 0. The summed E-state index contributed by atoms with van der Waals surface area (Å²) in [4.78, 5) is 4.43. The minimum atomic E-state index is -0.0856. The van der Waals surface area contributed by atoms with Crippen LogP contribution in [-0.4, -0.2) is 15.2 Å². The lowest BCUT2D eigenvalue weighted by Crippen LogP contribution is -1.98. The molecule has 1 aromatic heterocycles. The van der Waals surface area contributed by atoms with Crippen LogP contribution in [0, 0.1) is 0 Å². The van der Waals surface area contributed by atoms with Crippen LogP contribution in [0.3, 0.4) is 0 Å². The summed E-state index contributed by atoms with van der Waals surface area (Å²) in [6.45, 7) is 1.95. The minimum Gasteiger partial charge on any atom is -0.439 e. The van der Waals surface area contributed by atoms with Gasteiger partial charge in [0.2, 0.25) is 5.88 Å². The fourth-order valence-corrected chi connectivity index (χ4v) is 1.99. The summed E-state index contributed by atoms with van der Waals surface area (Å²) in [6.07, 6.45) is 1.82. The van der Waals surface area contributed by atoms with Crippen LogP contribution >= 0.6 is 0 Å². The monoisotopic (exact) mass is 273 g/mol. The predicted octanol–water partition coefficient (Wildman–Crippen LogP) is 2.81. The van der Waals surface area contributed by atoms with Crippen molar-refractivity contribution in [3.8, 4) is 11.6 Å². The summed E-state index contributed by atoms with van der Waals surface area (Å²) in [5, 5.41) is 18.6. The Kier molecular flexibility index (Phi) is 5.09. The standard InChI is InChI=1S/C16H19NO3/c1-2-5-14-8-12(10-18)9-16(17-14)20-15-7-4-3-6-13(15)11-19/h3-4,6-9,18-19H,2,5,10-11H2,1H3. The molecule has 0 radical (unpaired) electrons. The first-order valence-corrected chi connectivity index (χ1v) is 6.74. The van der Waals surface area contributed by atoms with E-state index in [4.69, 9.17) is 4.74 Å². The number of rotatable bonds is 6. The van der Waals surface area contributed by atoms with Crippen LogP contribution in [0.1, 0.15) is 30.2 Å². The number of hydrogen-bond donors (Lipinski definition) is 2. The Morgan fingerprint density at radius 1 is 1.10 bits per heavy atom. The molecule has 0 saturated carbocycles. The lowest BCUT2D eigenvalue weighted by Gasteiger charge is -2.11. The molecule has 20 heavy (non-hydrogen) atoms. The highest BCUT2D eigenvalue weighted by Gasteiger charge is 2.07. The second-order valence-electron chi connectivity index (χ2n) is 4.58. The van der Waals surface area contributed by atoms with E-state index in [2.05, 4.69) is 11.9 Å². The highest BCUT2D eigenvalue weighted by atomic mass is 16.5. The van der Waals surface area contributed by atoms with Gasteiger partial charge in [0.15, 0.2) is 0 Å². The molecule has 0 fully saturated rings. The highest BCUT2D eigenvalue weighted by Crippen LogP contribution is 2.25. The van der Waals surface area contributed by atoms with Gasteiger partial charge in [-0.2, -0.15) is 0 Å². The van der Waals surface area contributed by atoms with E-state index in [9.17, 15) is 10.2 Å². The second kappa shape index (κ2) is 7.03. The highest BCUT2D eigenvalue weighted by molar-refractivity contribution is 5.36. The van der Waals surface area contributed by atoms with Crippen molar-refractivity contribution in [1.82, 2.24) is 4.98 Å². The Hall–Kier alpha value is -1.91. The number of hydrogen-bond acceptors (Lipinski definition) is 4. The molecule has 2 rings (SSSR count). The van der Waals surface area contributed by atoms with Gasteiger partial charge in [-0.3, -0.25) is 0 Å². The van der Waals surface area contributed by atoms with Crippen LogP contribution < -0.4 is 4.74 Å². The van der Waals surface area contributed by atoms with E-state index >= 15 is 0 Å². The first-order valence-electron chi connectivity index (χ1n) is 6.74. The van der Waals surface area contributed by atoms with Crippen molar-refractivity contribution in [3.05, 3.63) is 53.2 Å². The summed E-state index contributed by atoms with van der Waals surface area (Å²) in [5.41, 5.74) is 2.39. The van der Waals surface area contributed by atoms with Crippen molar-refractivity contribution in [2.45, 2.75) is 33.0 Å².